The molecule has 1 aliphatic rings. The molecule has 0 spiro atoms. The summed E-state index contributed by atoms with van der Waals surface area (Å²) in [5.41, 5.74) is 0. The van der Waals surface area contributed by atoms with Crippen LogP contribution in [0.15, 0.2) is 0 Å². The molecule has 0 saturated heterocycles. The highest BCUT2D eigenvalue weighted by Crippen LogP contribution is 2.24. The first-order valence-corrected chi connectivity index (χ1v) is 8.09. The topological polar surface area (TPSA) is 89.9 Å². The highest BCUT2D eigenvalue weighted by atomic mass is 19.4. The van der Waals surface area contributed by atoms with E-state index in [0.717, 1.165) is 25.7 Å². The zero-order valence-electron chi connectivity index (χ0n) is 13.7. The number of rotatable bonds is 8. The Morgan fingerprint density at radius 3 is 2.38 bits per heavy atom. The van der Waals surface area contributed by atoms with Crippen LogP contribution in [-0.2, 0) is 9.59 Å². The minimum atomic E-state index is -4.63. The summed E-state index contributed by atoms with van der Waals surface area (Å²) in [7, 11) is 0. The number of aliphatic hydroxyl groups is 2. The Morgan fingerprint density at radius 1 is 1.29 bits per heavy atom. The Kier molecular flexibility index (Phi) is 7.95. The number of hydrogen-bond acceptors (Lipinski definition) is 4. The van der Waals surface area contributed by atoms with Gasteiger partial charge in [0.1, 0.15) is 6.10 Å². The molecule has 1 saturated carbocycles. The van der Waals surface area contributed by atoms with Crippen LogP contribution < -0.4 is 5.32 Å². The summed E-state index contributed by atoms with van der Waals surface area (Å²) in [6, 6.07) is 0.0171. The van der Waals surface area contributed by atoms with Crippen molar-refractivity contribution in [3.05, 3.63) is 0 Å². The van der Waals surface area contributed by atoms with Crippen molar-refractivity contribution in [2.24, 2.45) is 5.92 Å². The predicted molar refractivity (Wildman–Crippen MR) is 79.9 cm³/mol. The summed E-state index contributed by atoms with van der Waals surface area (Å²) < 4.78 is 36.4. The van der Waals surface area contributed by atoms with Gasteiger partial charge in [0, 0.05) is 19.1 Å². The zero-order valence-corrected chi connectivity index (χ0v) is 13.7. The van der Waals surface area contributed by atoms with Gasteiger partial charge in [0.25, 0.3) is 0 Å². The molecule has 6 nitrogen and oxygen atoms in total. The summed E-state index contributed by atoms with van der Waals surface area (Å²) in [5.74, 6) is -1.92. The van der Waals surface area contributed by atoms with E-state index < -0.39 is 30.5 Å². The van der Waals surface area contributed by atoms with Crippen molar-refractivity contribution in [3.8, 4) is 0 Å². The first kappa shape index (κ1) is 20.7. The molecule has 0 aromatic rings. The molecule has 0 aromatic heterocycles. The summed E-state index contributed by atoms with van der Waals surface area (Å²) >= 11 is 0. The third-order valence-corrected chi connectivity index (χ3v) is 4.12. The maximum absolute atomic E-state index is 12.3. The molecule has 3 N–H and O–H groups in total. The summed E-state index contributed by atoms with van der Waals surface area (Å²) in [5, 5.41) is 20.6. The van der Waals surface area contributed by atoms with Crippen LogP contribution in [0.3, 0.4) is 0 Å². The van der Waals surface area contributed by atoms with E-state index in [2.05, 4.69) is 5.32 Å². The molecule has 0 radical (unpaired) electrons. The van der Waals surface area contributed by atoms with Crippen molar-refractivity contribution >= 4 is 11.8 Å². The van der Waals surface area contributed by atoms with E-state index in [1.54, 1.807) is 11.8 Å². The highest BCUT2D eigenvalue weighted by molar-refractivity contribution is 5.81. The SMILES string of the molecule is CC(CO)C(=O)N(CCNC(=O)C(O)CC(F)(F)F)C1CCCC1. The Morgan fingerprint density at radius 2 is 1.88 bits per heavy atom. The van der Waals surface area contributed by atoms with Crippen LogP contribution in [0.25, 0.3) is 0 Å². The summed E-state index contributed by atoms with van der Waals surface area (Å²) in [4.78, 5) is 25.4. The molecule has 9 heteroatoms. The largest absolute Gasteiger partial charge is 0.396 e. The first-order valence-electron chi connectivity index (χ1n) is 8.09. The molecule has 0 bridgehead atoms. The number of halogens is 3. The Balaban J connectivity index is 2.52. The number of carbonyl (C=O) groups is 2. The molecule has 0 heterocycles. The fraction of sp³-hybridized carbons (Fsp3) is 0.867. The summed E-state index contributed by atoms with van der Waals surface area (Å²) in [6.45, 7) is 1.39. The van der Waals surface area contributed by atoms with Crippen molar-refractivity contribution in [1.29, 1.82) is 0 Å². The second-order valence-electron chi connectivity index (χ2n) is 6.18. The average molecular weight is 354 g/mol. The smallest absolute Gasteiger partial charge is 0.392 e. The Labute approximate surface area is 139 Å². The van der Waals surface area contributed by atoms with Crippen molar-refractivity contribution in [1.82, 2.24) is 10.2 Å². The van der Waals surface area contributed by atoms with Crippen LogP contribution in [-0.4, -0.2) is 64.9 Å². The lowest BCUT2D eigenvalue weighted by molar-refractivity contribution is -0.163. The van der Waals surface area contributed by atoms with Crippen LogP contribution in [0.4, 0.5) is 13.2 Å². The van der Waals surface area contributed by atoms with E-state index in [0.29, 0.717) is 0 Å². The lowest BCUT2D eigenvalue weighted by Gasteiger charge is -2.31. The molecular formula is C15H25F3N2O4. The van der Waals surface area contributed by atoms with Crippen LogP contribution in [0, 0.1) is 5.92 Å². The lowest BCUT2D eigenvalue weighted by atomic mass is 10.1. The van der Waals surface area contributed by atoms with Gasteiger partial charge in [-0.25, -0.2) is 0 Å². The maximum Gasteiger partial charge on any atom is 0.392 e. The third kappa shape index (κ3) is 6.64. The van der Waals surface area contributed by atoms with E-state index in [-0.39, 0.29) is 31.6 Å². The number of nitrogens with one attached hydrogen (secondary N) is 1. The van der Waals surface area contributed by atoms with Crippen molar-refractivity contribution < 1.29 is 33.0 Å². The molecule has 140 valence electrons. The molecule has 2 amide bonds. The molecule has 24 heavy (non-hydrogen) atoms. The van der Waals surface area contributed by atoms with Gasteiger partial charge in [-0.1, -0.05) is 19.8 Å². The van der Waals surface area contributed by atoms with Gasteiger partial charge >= 0.3 is 6.18 Å². The molecule has 0 aliphatic heterocycles. The minimum absolute atomic E-state index is 0.0171. The third-order valence-electron chi connectivity index (χ3n) is 4.12. The van der Waals surface area contributed by atoms with E-state index in [1.807, 2.05) is 0 Å². The fourth-order valence-electron chi connectivity index (χ4n) is 2.78. The monoisotopic (exact) mass is 354 g/mol. The fourth-order valence-corrected chi connectivity index (χ4v) is 2.78. The van der Waals surface area contributed by atoms with E-state index in [9.17, 15) is 27.9 Å². The van der Waals surface area contributed by atoms with Gasteiger partial charge in [-0.2, -0.15) is 13.2 Å². The molecule has 1 rings (SSSR count). The second-order valence-corrected chi connectivity index (χ2v) is 6.18. The van der Waals surface area contributed by atoms with Gasteiger partial charge in [0.05, 0.1) is 18.9 Å². The van der Waals surface area contributed by atoms with Crippen LogP contribution >= 0.6 is 0 Å². The standard InChI is InChI=1S/C15H25F3N2O4/c1-10(9-21)14(24)20(11-4-2-3-5-11)7-6-19-13(23)12(22)8-15(16,17)18/h10-12,21-22H,2-9H2,1H3,(H,19,23). The van der Waals surface area contributed by atoms with E-state index in [4.69, 9.17) is 5.11 Å². The second kappa shape index (κ2) is 9.22. The number of carbonyl (C=O) groups excluding carboxylic acids is 2. The average Bonchev–Trinajstić information content (AvgIpc) is 3.02. The molecule has 0 aromatic carbocycles. The molecule has 1 aliphatic carbocycles. The minimum Gasteiger partial charge on any atom is -0.396 e. The van der Waals surface area contributed by atoms with Crippen LogP contribution in [0.1, 0.15) is 39.0 Å². The van der Waals surface area contributed by atoms with Gasteiger partial charge in [-0.05, 0) is 12.8 Å². The van der Waals surface area contributed by atoms with Gasteiger partial charge in [0.2, 0.25) is 11.8 Å². The van der Waals surface area contributed by atoms with Crippen molar-refractivity contribution in [2.75, 3.05) is 19.7 Å². The maximum atomic E-state index is 12.3. The van der Waals surface area contributed by atoms with Crippen molar-refractivity contribution in [3.63, 3.8) is 0 Å². The molecule has 2 unspecified atom stereocenters. The predicted octanol–water partition coefficient (Wildman–Crippen LogP) is 0.815. The van der Waals surface area contributed by atoms with Crippen LogP contribution in [0.2, 0.25) is 0 Å². The zero-order chi connectivity index (χ0) is 18.3. The van der Waals surface area contributed by atoms with E-state index in [1.165, 1.54) is 0 Å². The quantitative estimate of drug-likeness (QED) is 0.602. The molecular weight excluding hydrogens is 329 g/mol. The normalized spacial score (nSPS) is 18.2. The van der Waals surface area contributed by atoms with Gasteiger partial charge < -0.3 is 20.4 Å². The first-order chi connectivity index (χ1) is 11.2. The lowest BCUT2D eigenvalue weighted by Crippen LogP contribution is -2.47. The summed E-state index contributed by atoms with van der Waals surface area (Å²) in [6.07, 6.45) is -4.76. The number of nitrogens with zero attached hydrogens (tertiary/aromatic N) is 1. The van der Waals surface area contributed by atoms with Gasteiger partial charge in [-0.3, -0.25) is 9.59 Å². The number of alkyl halides is 3. The van der Waals surface area contributed by atoms with Gasteiger partial charge in [-0.15, -0.1) is 0 Å². The highest BCUT2D eigenvalue weighted by Gasteiger charge is 2.34. The van der Waals surface area contributed by atoms with Gasteiger partial charge in [0.15, 0.2) is 0 Å². The Bertz CT molecular complexity index is 425. The number of hydrogen-bond donors (Lipinski definition) is 3. The van der Waals surface area contributed by atoms with E-state index >= 15 is 0 Å². The molecule has 1 fully saturated rings. The number of aliphatic hydroxyl groups excluding tert-OH is 2. The molecule has 2 atom stereocenters. The Hall–Kier alpha value is -1.35. The number of amides is 2. The van der Waals surface area contributed by atoms with Crippen LogP contribution in [0.5, 0.6) is 0 Å². The van der Waals surface area contributed by atoms with Crippen molar-refractivity contribution in [2.45, 2.75) is 57.3 Å².